The maximum Gasteiger partial charge on any atom is 0.118 e. The van der Waals surface area contributed by atoms with Crippen LogP contribution in [0.3, 0.4) is 0 Å². The van der Waals surface area contributed by atoms with Crippen LogP contribution in [0.1, 0.15) is 39.3 Å². The molecule has 1 unspecified atom stereocenters. The minimum Gasteiger partial charge on any atom is -0.497 e. The minimum atomic E-state index is -0.172. The van der Waals surface area contributed by atoms with Crippen molar-refractivity contribution >= 4 is 18.9 Å². The van der Waals surface area contributed by atoms with E-state index >= 15 is 0 Å². The van der Waals surface area contributed by atoms with Crippen molar-refractivity contribution in [1.82, 2.24) is 0 Å². The molecule has 0 aromatic heterocycles. The highest BCUT2D eigenvalue weighted by Gasteiger charge is 2.37. The van der Waals surface area contributed by atoms with Crippen molar-refractivity contribution in [2.24, 2.45) is 0 Å². The van der Waals surface area contributed by atoms with Gasteiger partial charge in [-0.05, 0) is 43.8 Å². The zero-order valence-corrected chi connectivity index (χ0v) is 15.6. The number of para-hydroxylation sites is 1. The highest BCUT2D eigenvalue weighted by Crippen LogP contribution is 2.56. The molecule has 2 aromatic carbocycles. The van der Waals surface area contributed by atoms with E-state index in [0.717, 1.165) is 12.0 Å². The van der Waals surface area contributed by atoms with E-state index in [1.807, 2.05) is 0 Å². The molecule has 1 heterocycles. The van der Waals surface area contributed by atoms with Gasteiger partial charge in [0.15, 0.2) is 0 Å². The molecule has 0 spiro atoms. The third-order valence-electron chi connectivity index (χ3n) is 4.65. The molecule has 3 heteroatoms. The van der Waals surface area contributed by atoms with Crippen molar-refractivity contribution < 1.29 is 4.74 Å². The van der Waals surface area contributed by atoms with Crippen LogP contribution in [0, 0.1) is 0 Å². The summed E-state index contributed by atoms with van der Waals surface area (Å²) in [6.45, 7) is 9.42. The molecule has 3 rings (SSSR count). The normalized spacial score (nSPS) is 18.7. The maximum absolute atomic E-state index is 5.28. The first kappa shape index (κ1) is 16.3. The first-order valence-corrected chi connectivity index (χ1v) is 9.72. The lowest BCUT2D eigenvalue weighted by atomic mass is 10.1. The summed E-state index contributed by atoms with van der Waals surface area (Å²) >= 11 is 0. The van der Waals surface area contributed by atoms with Crippen molar-refractivity contribution in [2.45, 2.75) is 38.9 Å². The Labute approximate surface area is 141 Å². The summed E-state index contributed by atoms with van der Waals surface area (Å²) in [5.74, 6) is 0.916. The molecular formula is C20H26NOP. The standard InChI is InChI=1S/C20H26NOP/c1-15(16-10-12-17(22-5)13-11-16)21-14-23(20(2,3)4)19-9-7-6-8-18(19)21/h6-13,15H,14H2,1-5H3/t15-,23?/m0/s1. The van der Waals surface area contributed by atoms with Crippen LogP contribution in [0.4, 0.5) is 5.69 Å². The second kappa shape index (κ2) is 6.17. The zero-order valence-electron chi connectivity index (χ0n) is 14.7. The predicted octanol–water partition coefficient (Wildman–Crippen LogP) is 5.14. The third kappa shape index (κ3) is 3.10. The smallest absolute Gasteiger partial charge is 0.118 e. The molecule has 0 saturated carbocycles. The van der Waals surface area contributed by atoms with Crippen molar-refractivity contribution in [3.8, 4) is 5.75 Å². The van der Waals surface area contributed by atoms with E-state index in [1.165, 1.54) is 11.3 Å². The van der Waals surface area contributed by atoms with Crippen LogP contribution in [0.15, 0.2) is 48.5 Å². The zero-order chi connectivity index (χ0) is 16.6. The van der Waals surface area contributed by atoms with Gasteiger partial charge in [0.05, 0.1) is 13.2 Å². The summed E-state index contributed by atoms with van der Waals surface area (Å²) in [5, 5.41) is 1.88. The van der Waals surface area contributed by atoms with E-state index in [4.69, 9.17) is 4.74 Å². The fourth-order valence-electron chi connectivity index (χ4n) is 3.21. The first-order chi connectivity index (χ1) is 10.9. The predicted molar refractivity (Wildman–Crippen MR) is 102 cm³/mol. The molecule has 2 aromatic rings. The van der Waals surface area contributed by atoms with Crippen LogP contribution in [0.2, 0.25) is 0 Å². The van der Waals surface area contributed by atoms with Gasteiger partial charge in [0.2, 0.25) is 0 Å². The third-order valence-corrected chi connectivity index (χ3v) is 7.82. The van der Waals surface area contributed by atoms with Crippen LogP contribution in [-0.4, -0.2) is 18.6 Å². The lowest BCUT2D eigenvalue weighted by Gasteiger charge is -2.31. The topological polar surface area (TPSA) is 12.5 Å². The quantitative estimate of drug-likeness (QED) is 0.724. The molecule has 2 nitrogen and oxygen atoms in total. The average molecular weight is 327 g/mol. The fourth-order valence-corrected chi connectivity index (χ4v) is 5.95. The second-order valence-electron chi connectivity index (χ2n) is 7.15. The van der Waals surface area contributed by atoms with Gasteiger partial charge in [-0.2, -0.15) is 0 Å². The number of ether oxygens (including phenoxy) is 1. The molecule has 0 fully saturated rings. The Morgan fingerprint density at radius 2 is 1.70 bits per heavy atom. The molecule has 2 atom stereocenters. The number of fused-ring (bicyclic) bond motifs is 1. The summed E-state index contributed by atoms with van der Waals surface area (Å²) in [5.41, 5.74) is 2.75. The van der Waals surface area contributed by atoms with E-state index in [1.54, 1.807) is 12.4 Å². The Balaban J connectivity index is 1.93. The minimum absolute atomic E-state index is 0.172. The van der Waals surface area contributed by atoms with Crippen molar-refractivity contribution in [2.75, 3.05) is 18.3 Å². The summed E-state index contributed by atoms with van der Waals surface area (Å²) in [4.78, 5) is 2.58. The number of nitrogens with zero attached hydrogens (tertiary/aromatic N) is 1. The summed E-state index contributed by atoms with van der Waals surface area (Å²) in [7, 11) is 1.54. The molecule has 1 aliphatic rings. The number of hydrogen-bond donors (Lipinski definition) is 0. The number of anilines is 1. The summed E-state index contributed by atoms with van der Waals surface area (Å²) < 4.78 is 5.28. The fraction of sp³-hybridized carbons (Fsp3) is 0.400. The molecule has 0 bridgehead atoms. The van der Waals surface area contributed by atoms with Crippen LogP contribution < -0.4 is 14.9 Å². The average Bonchev–Trinajstić information content (AvgIpc) is 2.94. The molecule has 0 radical (unpaired) electrons. The van der Waals surface area contributed by atoms with Gasteiger partial charge in [0.25, 0.3) is 0 Å². The van der Waals surface area contributed by atoms with Gasteiger partial charge in [-0.3, -0.25) is 0 Å². The molecule has 0 aliphatic carbocycles. The highest BCUT2D eigenvalue weighted by atomic mass is 31.1. The lowest BCUT2D eigenvalue weighted by Crippen LogP contribution is -2.25. The molecule has 0 N–H and O–H groups in total. The Bertz CT molecular complexity index is 675. The van der Waals surface area contributed by atoms with E-state index in [0.29, 0.717) is 11.2 Å². The van der Waals surface area contributed by atoms with Gasteiger partial charge in [0.1, 0.15) is 5.75 Å². The SMILES string of the molecule is COc1ccc([C@H](C)N2CP(C(C)(C)C)c3ccccc32)cc1. The van der Waals surface area contributed by atoms with Crippen LogP contribution in [-0.2, 0) is 0 Å². The van der Waals surface area contributed by atoms with Gasteiger partial charge in [0, 0.05) is 17.3 Å². The Kier molecular flexibility index (Phi) is 4.38. The molecule has 122 valence electrons. The number of benzene rings is 2. The van der Waals surface area contributed by atoms with Crippen LogP contribution in [0.25, 0.3) is 0 Å². The van der Waals surface area contributed by atoms with Crippen molar-refractivity contribution in [3.05, 3.63) is 54.1 Å². The highest BCUT2D eigenvalue weighted by molar-refractivity contribution is 7.68. The Hall–Kier alpha value is -1.53. The van der Waals surface area contributed by atoms with Gasteiger partial charge >= 0.3 is 0 Å². The molecular weight excluding hydrogens is 301 g/mol. The first-order valence-electron chi connectivity index (χ1n) is 8.19. The molecule has 23 heavy (non-hydrogen) atoms. The van der Waals surface area contributed by atoms with Gasteiger partial charge < -0.3 is 9.64 Å². The van der Waals surface area contributed by atoms with E-state index < -0.39 is 0 Å². The Morgan fingerprint density at radius 1 is 1.04 bits per heavy atom. The largest absolute Gasteiger partial charge is 0.497 e. The van der Waals surface area contributed by atoms with Crippen molar-refractivity contribution in [1.29, 1.82) is 0 Å². The molecule has 0 amide bonds. The van der Waals surface area contributed by atoms with Gasteiger partial charge in [-0.1, -0.05) is 51.1 Å². The second-order valence-corrected chi connectivity index (χ2v) is 10.1. The van der Waals surface area contributed by atoms with Crippen LogP contribution in [0.5, 0.6) is 5.75 Å². The summed E-state index contributed by atoms with van der Waals surface area (Å²) in [6.07, 6.45) is 1.14. The molecule has 1 aliphatic heterocycles. The molecule has 0 saturated heterocycles. The van der Waals surface area contributed by atoms with E-state index in [-0.39, 0.29) is 7.92 Å². The maximum atomic E-state index is 5.28. The van der Waals surface area contributed by atoms with E-state index in [2.05, 4.69) is 81.1 Å². The van der Waals surface area contributed by atoms with Crippen LogP contribution >= 0.6 is 7.92 Å². The van der Waals surface area contributed by atoms with Crippen molar-refractivity contribution in [3.63, 3.8) is 0 Å². The number of hydrogen-bond acceptors (Lipinski definition) is 2. The van der Waals surface area contributed by atoms with Gasteiger partial charge in [-0.15, -0.1) is 0 Å². The van der Waals surface area contributed by atoms with E-state index in [9.17, 15) is 0 Å². The number of rotatable bonds is 3. The lowest BCUT2D eigenvalue weighted by molar-refractivity contribution is 0.414. The van der Waals surface area contributed by atoms with Gasteiger partial charge in [-0.25, -0.2) is 0 Å². The monoisotopic (exact) mass is 327 g/mol. The summed E-state index contributed by atoms with van der Waals surface area (Å²) in [6, 6.07) is 17.8. The Morgan fingerprint density at radius 3 is 2.30 bits per heavy atom. The number of methoxy groups -OCH3 is 1.